The fourth-order valence-electron chi connectivity index (χ4n) is 3.38. The molecule has 1 saturated heterocycles. The molecule has 1 aliphatic carbocycles. The van der Waals surface area contributed by atoms with E-state index in [9.17, 15) is 9.59 Å². The Hall–Kier alpha value is -1.43. The largest absolute Gasteiger partial charge is 0.353 e. The van der Waals surface area contributed by atoms with Crippen LogP contribution in [0.3, 0.4) is 0 Å². The van der Waals surface area contributed by atoms with Crippen molar-refractivity contribution >= 4 is 23.2 Å². The highest BCUT2D eigenvalue weighted by atomic mass is 32.1. The van der Waals surface area contributed by atoms with Gasteiger partial charge < -0.3 is 10.6 Å². The van der Waals surface area contributed by atoms with Gasteiger partial charge in [-0.15, -0.1) is 11.3 Å². The third-order valence-electron chi connectivity index (χ3n) is 4.32. The van der Waals surface area contributed by atoms with Crippen LogP contribution in [0.2, 0.25) is 0 Å². The van der Waals surface area contributed by atoms with Gasteiger partial charge in [-0.1, -0.05) is 6.92 Å². The topological polar surface area (TPSA) is 71.1 Å². The summed E-state index contributed by atoms with van der Waals surface area (Å²) in [5.74, 6) is 1.33. The molecule has 2 fully saturated rings. The lowest BCUT2D eigenvalue weighted by atomic mass is 9.88. The first kappa shape index (κ1) is 12.6. The zero-order valence-electron chi connectivity index (χ0n) is 10.8. The molecular weight excluding hydrogens is 262 g/mol. The second-order valence-corrected chi connectivity index (χ2v) is 6.36. The highest BCUT2D eigenvalue weighted by Crippen LogP contribution is 2.41. The van der Waals surface area contributed by atoms with E-state index < -0.39 is 0 Å². The summed E-state index contributed by atoms with van der Waals surface area (Å²) in [6.07, 6.45) is 3.26. The number of carbonyl (C=O) groups excluding carboxylic acids is 2. The summed E-state index contributed by atoms with van der Waals surface area (Å²) in [4.78, 5) is 27.3. The van der Waals surface area contributed by atoms with Crippen molar-refractivity contribution < 1.29 is 9.59 Å². The van der Waals surface area contributed by atoms with Crippen LogP contribution in [0.5, 0.6) is 0 Å². The molecule has 1 aromatic heterocycles. The lowest BCUT2D eigenvalue weighted by molar-refractivity contribution is -0.119. The van der Waals surface area contributed by atoms with Gasteiger partial charge in [-0.3, -0.25) is 9.59 Å². The summed E-state index contributed by atoms with van der Waals surface area (Å²) < 4.78 is 0. The maximum atomic E-state index is 11.9. The second-order valence-electron chi connectivity index (χ2n) is 5.47. The molecule has 0 bridgehead atoms. The number of rotatable bonds is 3. The molecule has 3 rings (SSSR count). The van der Waals surface area contributed by atoms with Crippen LogP contribution < -0.4 is 10.6 Å². The van der Waals surface area contributed by atoms with Gasteiger partial charge in [0, 0.05) is 30.6 Å². The molecule has 4 atom stereocenters. The molecule has 0 aromatic carbocycles. The first-order valence-corrected chi connectivity index (χ1v) is 7.50. The lowest BCUT2D eigenvalue weighted by Gasteiger charge is -2.20. The first-order chi connectivity index (χ1) is 9.15. The van der Waals surface area contributed by atoms with Crippen LogP contribution >= 0.6 is 11.3 Å². The summed E-state index contributed by atoms with van der Waals surface area (Å²) in [6, 6.07) is 0.310. The van der Waals surface area contributed by atoms with Crippen molar-refractivity contribution in [2.75, 3.05) is 6.54 Å². The molecule has 1 aliphatic heterocycles. The number of nitrogens with zero attached hydrogens (tertiary/aromatic N) is 1. The summed E-state index contributed by atoms with van der Waals surface area (Å²) >= 11 is 1.34. The van der Waals surface area contributed by atoms with Crippen molar-refractivity contribution in [2.45, 2.75) is 25.8 Å². The molecule has 102 valence electrons. The van der Waals surface area contributed by atoms with Gasteiger partial charge >= 0.3 is 0 Å². The zero-order chi connectivity index (χ0) is 13.4. The van der Waals surface area contributed by atoms with E-state index in [2.05, 4.69) is 22.5 Å². The van der Waals surface area contributed by atoms with Crippen LogP contribution in [0.15, 0.2) is 11.6 Å². The van der Waals surface area contributed by atoms with Gasteiger partial charge in [-0.05, 0) is 24.2 Å². The van der Waals surface area contributed by atoms with Crippen molar-refractivity contribution in [3.63, 3.8) is 0 Å². The van der Waals surface area contributed by atoms with Crippen LogP contribution in [-0.4, -0.2) is 29.4 Å². The Bertz CT molecular complexity index is 488. The van der Waals surface area contributed by atoms with Crippen molar-refractivity contribution in [3.8, 4) is 0 Å². The number of hydrogen-bond acceptors (Lipinski definition) is 4. The Balaban J connectivity index is 1.60. The van der Waals surface area contributed by atoms with Gasteiger partial charge in [-0.2, -0.15) is 0 Å². The van der Waals surface area contributed by atoms with Crippen LogP contribution in [0.4, 0.5) is 0 Å². The molecule has 19 heavy (non-hydrogen) atoms. The van der Waals surface area contributed by atoms with Crippen molar-refractivity contribution in [3.05, 3.63) is 16.6 Å². The maximum absolute atomic E-state index is 11.9. The smallest absolute Gasteiger partial charge is 0.280 e. The normalized spacial score (nSPS) is 33.0. The van der Waals surface area contributed by atoms with E-state index in [1.165, 1.54) is 11.3 Å². The van der Waals surface area contributed by atoms with E-state index in [1.807, 2.05) is 0 Å². The fraction of sp³-hybridized carbons (Fsp3) is 0.615. The maximum Gasteiger partial charge on any atom is 0.280 e. The van der Waals surface area contributed by atoms with E-state index in [4.69, 9.17) is 0 Å². The number of fused-ring (bicyclic) bond motifs is 1. The Morgan fingerprint density at radius 1 is 1.63 bits per heavy atom. The molecule has 0 spiro atoms. The van der Waals surface area contributed by atoms with Crippen LogP contribution in [0, 0.1) is 17.8 Å². The second kappa shape index (κ2) is 4.92. The summed E-state index contributed by atoms with van der Waals surface area (Å²) in [7, 11) is 0. The molecule has 2 N–H and O–H groups in total. The summed E-state index contributed by atoms with van der Waals surface area (Å²) in [5, 5.41) is 8.28. The molecule has 5 nitrogen and oxygen atoms in total. The van der Waals surface area contributed by atoms with E-state index in [-0.39, 0.29) is 11.8 Å². The SMILES string of the molecule is C[C@H]1C[C@H]2NC(=O)C[C@H]2[C@@H]1CNC(=O)c1nccs1. The number of aromatic nitrogens is 1. The molecule has 1 saturated carbocycles. The molecule has 2 aliphatic rings. The minimum Gasteiger partial charge on any atom is -0.353 e. The van der Waals surface area contributed by atoms with Gasteiger partial charge in [0.2, 0.25) is 5.91 Å². The number of nitrogens with one attached hydrogen (secondary N) is 2. The van der Waals surface area contributed by atoms with Gasteiger partial charge in [-0.25, -0.2) is 4.98 Å². The fourth-order valence-corrected chi connectivity index (χ4v) is 3.94. The van der Waals surface area contributed by atoms with Crippen LogP contribution in [-0.2, 0) is 4.79 Å². The third-order valence-corrected chi connectivity index (χ3v) is 5.09. The average molecular weight is 279 g/mol. The van der Waals surface area contributed by atoms with Crippen molar-refractivity contribution in [2.24, 2.45) is 17.8 Å². The van der Waals surface area contributed by atoms with Gasteiger partial charge in [0.15, 0.2) is 5.01 Å². The predicted octanol–water partition coefficient (Wildman–Crippen LogP) is 1.03. The minimum absolute atomic E-state index is 0.108. The van der Waals surface area contributed by atoms with Gasteiger partial charge in [0.1, 0.15) is 0 Å². The number of amides is 2. The van der Waals surface area contributed by atoms with Gasteiger partial charge in [0.05, 0.1) is 0 Å². The standard InChI is InChI=1S/C13H17N3O2S/c1-7-4-10-8(5-11(17)16-10)9(7)6-15-12(18)13-14-2-3-19-13/h2-3,7-10H,4-6H2,1H3,(H,15,18)(H,16,17)/t7-,8-,9+,10+/m0/s1. The molecule has 0 unspecified atom stereocenters. The van der Waals surface area contributed by atoms with E-state index in [0.717, 1.165) is 6.42 Å². The average Bonchev–Trinajstić information content (AvgIpc) is 3.03. The Kier molecular flexibility index (Phi) is 3.26. The molecule has 2 amide bonds. The van der Waals surface area contributed by atoms with E-state index in [0.29, 0.717) is 41.8 Å². The number of carbonyl (C=O) groups is 2. The summed E-state index contributed by atoms with van der Waals surface area (Å²) in [6.45, 7) is 2.83. The monoisotopic (exact) mass is 279 g/mol. The molecular formula is C13H17N3O2S. The molecule has 0 radical (unpaired) electrons. The molecule has 2 heterocycles. The zero-order valence-corrected chi connectivity index (χ0v) is 11.6. The first-order valence-electron chi connectivity index (χ1n) is 6.62. The molecule has 1 aromatic rings. The molecule has 6 heteroatoms. The lowest BCUT2D eigenvalue weighted by Crippen LogP contribution is -2.33. The van der Waals surface area contributed by atoms with Gasteiger partial charge in [0.25, 0.3) is 5.91 Å². The number of hydrogen-bond donors (Lipinski definition) is 2. The Labute approximate surface area is 115 Å². The highest BCUT2D eigenvalue weighted by Gasteiger charge is 2.46. The Morgan fingerprint density at radius 3 is 3.21 bits per heavy atom. The Morgan fingerprint density at radius 2 is 2.47 bits per heavy atom. The van der Waals surface area contributed by atoms with E-state index in [1.54, 1.807) is 11.6 Å². The summed E-state index contributed by atoms with van der Waals surface area (Å²) in [5.41, 5.74) is 0. The van der Waals surface area contributed by atoms with Crippen molar-refractivity contribution in [1.82, 2.24) is 15.6 Å². The van der Waals surface area contributed by atoms with Crippen molar-refractivity contribution in [1.29, 1.82) is 0 Å². The van der Waals surface area contributed by atoms with Crippen LogP contribution in [0.25, 0.3) is 0 Å². The predicted molar refractivity (Wildman–Crippen MR) is 71.8 cm³/mol. The third kappa shape index (κ3) is 2.36. The van der Waals surface area contributed by atoms with E-state index >= 15 is 0 Å². The number of thiazole rings is 1. The highest BCUT2D eigenvalue weighted by molar-refractivity contribution is 7.11. The van der Waals surface area contributed by atoms with Crippen LogP contribution in [0.1, 0.15) is 29.6 Å². The quantitative estimate of drug-likeness (QED) is 0.868. The minimum atomic E-state index is -0.108.